The lowest BCUT2D eigenvalue weighted by Crippen LogP contribution is -2.34. The number of H-pyrrole nitrogens is 2. The van der Waals surface area contributed by atoms with Crippen molar-refractivity contribution in [1.82, 2.24) is 66.8 Å². The lowest BCUT2D eigenvalue weighted by Gasteiger charge is -2.24. The molecule has 8 bridgehead atoms. The van der Waals surface area contributed by atoms with Crippen LogP contribution < -0.4 is 60.1 Å². The minimum absolute atomic E-state index is 0.115. The molecule has 3 aromatic heterocycles. The van der Waals surface area contributed by atoms with Gasteiger partial charge in [0.05, 0.1) is 132 Å². The van der Waals surface area contributed by atoms with Crippen molar-refractivity contribution in [3.8, 4) is 126 Å². The summed E-state index contributed by atoms with van der Waals surface area (Å²) in [7, 11) is 37.9. The molecule has 11 aromatic carbocycles. The second-order valence-electron chi connectivity index (χ2n) is 34.5. The van der Waals surface area contributed by atoms with E-state index in [0.717, 1.165) is 34.1 Å². The summed E-state index contributed by atoms with van der Waals surface area (Å²) in [4.78, 5) is 52.7. The molecule has 0 unspecified atom stereocenters. The SMILES string of the molecule is C[N+](C)(C)c1cccc(Oc2cc3c(cc2Oc2cccc([N+](C)(C)C)c2)-c2nc-3nc3[nH]c(nc4nc(nc5[nH]c(n2)c2cc(Oc6cccc([N+](C)(C)C)c6)c(Oc6cccc([N+](C)(C)C)c6)cc52)-c2cc(Oc5cccc([N+](C)(C)C)c5)c(Oc5cccc([N+](C)(C)C)c5)cc2-4)c2cc(Oc4ccc(C(=O)O)cc4)ccc32)c1. The Morgan fingerprint density at radius 2 is 0.483 bits per heavy atom. The van der Waals surface area contributed by atoms with Crippen molar-refractivity contribution < 1.29 is 43.1 Å². The first-order valence-electron chi connectivity index (χ1n) is 38.1. The fourth-order valence-corrected chi connectivity index (χ4v) is 13.7. The van der Waals surface area contributed by atoms with Crippen LogP contribution in [0.5, 0.6) is 80.5 Å². The van der Waals surface area contributed by atoms with Crippen LogP contribution in [0.15, 0.2) is 224 Å². The molecule has 0 saturated heterocycles. The molecule has 0 atom stereocenters. The first-order chi connectivity index (χ1) is 54.9. The third kappa shape index (κ3) is 16.0. The molecule has 0 aliphatic carbocycles. The predicted molar refractivity (Wildman–Crippen MR) is 466 cm³/mol. The lowest BCUT2D eigenvalue weighted by molar-refractivity contribution is 0.0696. The Bertz CT molecular complexity index is 6450. The fourth-order valence-electron chi connectivity index (χ4n) is 13.7. The monoisotopic (exact) mass is 1550 g/mol. The van der Waals surface area contributed by atoms with E-state index in [1.807, 2.05) is 164 Å². The normalized spacial score (nSPS) is 12.5. The molecule has 0 radical (unpaired) electrons. The molecule has 0 spiro atoms. The van der Waals surface area contributed by atoms with E-state index in [-0.39, 0.29) is 28.9 Å². The second-order valence-corrected chi connectivity index (χ2v) is 34.5. The molecule has 16 rings (SSSR count). The maximum absolute atomic E-state index is 12.0. The standard InChI is InChI=1S/C93H92N14O9/c1-102(2,3)57-25-19-31-64(43-57)111-79-50-73-74(51-80(79)112-65-32-20-26-58(44-65)103(4,5)6)89-97-87(73)95-85-71-42-41-70(110-63-39-37-56(38-40-63)93(108)109)49-72(71)86(94-85)96-88-75-52-81(113-66-33-21-27-59(45-66)104(7,8)9)82(114-67-34-22-28-60(46-67)105(10,11)12)53-76(75)90(98-88)100-92-78-55-84(116-69-36-24-30-62(48-69)107(16,17)18)83(54-77(78)91(99-89)101-92)115-68-35-23-29-61(47-68)106(13,14)15/h19-55H,1-18H3,(H-2,94,95,96,97,98,99,100,101,108,109)/q+4/p+2. The van der Waals surface area contributed by atoms with Gasteiger partial charge in [0, 0.05) is 80.2 Å². The van der Waals surface area contributed by atoms with E-state index in [1.165, 1.54) is 12.1 Å². The van der Waals surface area contributed by atoms with Crippen molar-refractivity contribution in [2.24, 2.45) is 0 Å². The number of aromatic carboxylic acids is 1. The van der Waals surface area contributed by atoms with E-state index in [1.54, 1.807) is 12.1 Å². The average molecular weight is 1550 g/mol. The molecule has 584 valence electrons. The van der Waals surface area contributed by atoms with Crippen molar-refractivity contribution in [1.29, 1.82) is 0 Å². The minimum Gasteiger partial charge on any atom is -0.478 e. The number of benzene rings is 11. The summed E-state index contributed by atoms with van der Waals surface area (Å²) in [6, 6.07) is 71.3. The fraction of sp³-hybridized carbons (Fsp3) is 0.194. The highest BCUT2D eigenvalue weighted by Crippen LogP contribution is 2.50. The first kappa shape index (κ1) is 76.6. The van der Waals surface area contributed by atoms with Gasteiger partial charge < -0.3 is 48.2 Å². The zero-order valence-electron chi connectivity index (χ0n) is 68.4. The van der Waals surface area contributed by atoms with E-state index in [2.05, 4.69) is 173 Å². The number of rotatable bonds is 21. The van der Waals surface area contributed by atoms with Crippen molar-refractivity contribution in [3.63, 3.8) is 0 Å². The van der Waals surface area contributed by atoms with Crippen LogP contribution >= 0.6 is 0 Å². The number of aromatic nitrogens is 8. The van der Waals surface area contributed by atoms with Gasteiger partial charge in [0.15, 0.2) is 57.8 Å². The topological polar surface area (TPSA) is 211 Å². The number of aromatic amines is 2. The third-order valence-electron chi connectivity index (χ3n) is 20.3. The molecule has 2 aliphatic rings. The molecule has 23 heteroatoms. The number of carboxylic acid groups (broad SMARTS) is 1. The van der Waals surface area contributed by atoms with E-state index in [4.69, 9.17) is 63.1 Å². The number of carboxylic acids is 1. The Hall–Kier alpha value is -13.4. The van der Waals surface area contributed by atoms with Gasteiger partial charge in [0.1, 0.15) is 103 Å². The maximum atomic E-state index is 12.0. The van der Waals surface area contributed by atoms with Gasteiger partial charge >= 0.3 is 5.97 Å². The van der Waals surface area contributed by atoms with Crippen LogP contribution in [-0.2, 0) is 0 Å². The van der Waals surface area contributed by atoms with Crippen LogP contribution in [-0.4, -0.2) is 178 Å². The zero-order valence-corrected chi connectivity index (χ0v) is 68.4. The Kier molecular flexibility index (Phi) is 19.1. The smallest absolute Gasteiger partial charge is 0.335 e. The number of carbonyl (C=O) groups is 1. The number of fused-ring (bicyclic) bond motifs is 20. The van der Waals surface area contributed by atoms with Crippen LogP contribution in [0.4, 0.5) is 34.1 Å². The van der Waals surface area contributed by atoms with E-state index in [0.29, 0.717) is 174 Å². The summed E-state index contributed by atoms with van der Waals surface area (Å²) in [6.07, 6.45) is 0. The highest BCUT2D eigenvalue weighted by atomic mass is 16.5. The minimum atomic E-state index is -1.06. The van der Waals surface area contributed by atoms with Crippen LogP contribution in [0.25, 0.3) is 89.7 Å². The van der Waals surface area contributed by atoms with Gasteiger partial charge in [-0.15, -0.1) is 0 Å². The van der Waals surface area contributed by atoms with Crippen molar-refractivity contribution in [2.75, 3.05) is 127 Å². The van der Waals surface area contributed by atoms with Crippen LogP contribution in [0.3, 0.4) is 0 Å². The molecule has 3 N–H and O–H groups in total. The Morgan fingerprint density at radius 1 is 0.250 bits per heavy atom. The molecule has 0 saturated carbocycles. The van der Waals surface area contributed by atoms with E-state index in [9.17, 15) is 9.90 Å². The van der Waals surface area contributed by atoms with Crippen LogP contribution in [0.1, 0.15) is 10.4 Å². The quantitative estimate of drug-likeness (QED) is 0.0571. The number of quaternary nitrogens is 6. The predicted octanol–water partition coefficient (Wildman–Crippen LogP) is 20.3. The van der Waals surface area contributed by atoms with Gasteiger partial charge in [-0.2, -0.15) is 0 Å². The zero-order chi connectivity index (χ0) is 81.7. The van der Waals surface area contributed by atoms with E-state index >= 15 is 0 Å². The lowest BCUT2D eigenvalue weighted by atomic mass is 10.1. The second kappa shape index (κ2) is 28.9. The van der Waals surface area contributed by atoms with Gasteiger partial charge in [0.2, 0.25) is 0 Å². The first-order valence-corrected chi connectivity index (χ1v) is 38.1. The molecule has 0 amide bonds. The van der Waals surface area contributed by atoms with Crippen LogP contribution in [0, 0.1) is 0 Å². The van der Waals surface area contributed by atoms with Crippen molar-refractivity contribution in [3.05, 3.63) is 230 Å². The van der Waals surface area contributed by atoms with Gasteiger partial charge in [0.25, 0.3) is 0 Å². The van der Waals surface area contributed by atoms with Gasteiger partial charge in [-0.05, 0) is 152 Å². The molecule has 2 aliphatic heterocycles. The summed E-state index contributed by atoms with van der Waals surface area (Å²) in [6.45, 7) is 0. The highest BCUT2D eigenvalue weighted by molar-refractivity contribution is 6.08. The van der Waals surface area contributed by atoms with Gasteiger partial charge in [-0.3, -0.25) is 26.9 Å². The van der Waals surface area contributed by atoms with Crippen LogP contribution in [0.2, 0.25) is 0 Å². The largest absolute Gasteiger partial charge is 0.478 e. The number of nitrogens with one attached hydrogen (secondary N) is 2. The summed E-state index contributed by atoms with van der Waals surface area (Å²) >= 11 is 0. The molecular weight excluding hydrogens is 1460 g/mol. The summed E-state index contributed by atoms with van der Waals surface area (Å²) < 4.78 is 52.3. The van der Waals surface area contributed by atoms with Crippen molar-refractivity contribution in [2.45, 2.75) is 0 Å². The van der Waals surface area contributed by atoms with Crippen molar-refractivity contribution >= 4 is 84.2 Å². The molecule has 0 fully saturated rings. The third-order valence-corrected chi connectivity index (χ3v) is 20.3. The molecule has 116 heavy (non-hydrogen) atoms. The van der Waals surface area contributed by atoms with E-state index < -0.39 is 5.97 Å². The summed E-state index contributed by atoms with van der Waals surface area (Å²) in [5.41, 5.74) is 9.81. The number of hydrogen-bond acceptors (Lipinski definition) is 14. The summed E-state index contributed by atoms with van der Waals surface area (Å²) in [5.74, 6) is 6.49. The highest BCUT2D eigenvalue weighted by Gasteiger charge is 2.31. The van der Waals surface area contributed by atoms with Gasteiger partial charge in [-0.1, -0.05) is 36.4 Å². The molecular formula is C93H94N14O9+6. The summed E-state index contributed by atoms with van der Waals surface area (Å²) in [5, 5.41) is 12.2. The number of ether oxygens (including phenoxy) is 7. The molecule has 5 heterocycles. The molecule has 14 aromatic rings. The van der Waals surface area contributed by atoms with Gasteiger partial charge in [-0.25, -0.2) is 34.7 Å². The molecule has 23 nitrogen and oxygen atoms in total. The number of hydrogen-bond donors (Lipinski definition) is 3. The Balaban J connectivity index is 1.01. The Labute approximate surface area is 673 Å². The maximum Gasteiger partial charge on any atom is 0.335 e. The number of nitrogens with zero attached hydrogens (tertiary/aromatic N) is 12. The average Bonchev–Trinajstić information content (AvgIpc) is 1.58. The Morgan fingerprint density at radius 3 is 0.741 bits per heavy atom.